The number of benzene rings is 1. The van der Waals surface area contributed by atoms with Gasteiger partial charge in [0.1, 0.15) is 0 Å². The predicted molar refractivity (Wildman–Crippen MR) is 119 cm³/mol. The van der Waals surface area contributed by atoms with Crippen molar-refractivity contribution in [1.29, 1.82) is 0 Å². The minimum Gasteiger partial charge on any atom is -0.368 e. The number of amides is 1. The number of carbonyl (C=O) groups is 1. The summed E-state index contributed by atoms with van der Waals surface area (Å²) < 4.78 is 5.24. The highest BCUT2D eigenvalue weighted by molar-refractivity contribution is 5.90. The first kappa shape index (κ1) is 21.2. The maximum absolute atomic E-state index is 12.0. The fraction of sp³-hybridized carbons (Fsp3) is 0.273. The van der Waals surface area contributed by atoms with Crippen molar-refractivity contribution in [3.8, 4) is 11.4 Å². The van der Waals surface area contributed by atoms with Crippen molar-refractivity contribution < 1.29 is 9.32 Å². The molecule has 10 nitrogen and oxygen atoms in total. The van der Waals surface area contributed by atoms with E-state index in [2.05, 4.69) is 36.0 Å². The SMILES string of the molecule is O=C(CCCc1nc(-c2ccncc2)no1)NCCCNc1n[nH]c(=O)c2ccccc12. The van der Waals surface area contributed by atoms with Gasteiger partial charge in [0.25, 0.3) is 5.56 Å². The molecule has 1 aromatic carbocycles. The van der Waals surface area contributed by atoms with Gasteiger partial charge in [0, 0.05) is 49.3 Å². The third-order valence-corrected chi connectivity index (χ3v) is 4.87. The van der Waals surface area contributed by atoms with E-state index < -0.39 is 0 Å². The zero-order valence-corrected chi connectivity index (χ0v) is 17.4. The highest BCUT2D eigenvalue weighted by atomic mass is 16.5. The number of fused-ring (bicyclic) bond motifs is 1. The van der Waals surface area contributed by atoms with Crippen LogP contribution in [0.25, 0.3) is 22.2 Å². The van der Waals surface area contributed by atoms with E-state index in [1.54, 1.807) is 18.5 Å². The van der Waals surface area contributed by atoms with E-state index in [-0.39, 0.29) is 11.5 Å². The standard InChI is InChI=1S/C22H23N7O3/c30-18(7-3-8-19-26-20(29-32-19)15-9-13-23-14-10-15)24-11-4-12-25-21-16-5-1-2-6-17(16)22(31)28-27-21/h1-2,5-6,9-10,13-14H,3-4,7-8,11-12H2,(H,24,30)(H,25,27)(H,28,31). The molecule has 0 saturated heterocycles. The van der Waals surface area contributed by atoms with Crippen molar-refractivity contribution >= 4 is 22.5 Å². The van der Waals surface area contributed by atoms with Crippen LogP contribution in [0, 0.1) is 0 Å². The van der Waals surface area contributed by atoms with Crippen molar-refractivity contribution in [2.75, 3.05) is 18.4 Å². The summed E-state index contributed by atoms with van der Waals surface area (Å²) in [7, 11) is 0. The van der Waals surface area contributed by atoms with Crippen LogP contribution in [0.2, 0.25) is 0 Å². The Morgan fingerprint density at radius 3 is 2.69 bits per heavy atom. The Kier molecular flexibility index (Phi) is 6.81. The molecule has 3 N–H and O–H groups in total. The Hall–Kier alpha value is -4.08. The summed E-state index contributed by atoms with van der Waals surface area (Å²) in [6, 6.07) is 10.9. The molecular weight excluding hydrogens is 410 g/mol. The fourth-order valence-electron chi connectivity index (χ4n) is 3.24. The van der Waals surface area contributed by atoms with Crippen LogP contribution in [0.4, 0.5) is 5.82 Å². The van der Waals surface area contributed by atoms with Gasteiger partial charge in [-0.05, 0) is 31.0 Å². The molecule has 10 heteroatoms. The molecule has 0 fully saturated rings. The molecule has 0 aliphatic heterocycles. The van der Waals surface area contributed by atoms with Gasteiger partial charge in [-0.3, -0.25) is 14.6 Å². The summed E-state index contributed by atoms with van der Waals surface area (Å²) in [6.45, 7) is 1.16. The van der Waals surface area contributed by atoms with Gasteiger partial charge in [-0.2, -0.15) is 10.1 Å². The van der Waals surface area contributed by atoms with Crippen molar-refractivity contribution in [3.05, 3.63) is 65.0 Å². The number of aromatic amines is 1. The lowest BCUT2D eigenvalue weighted by Crippen LogP contribution is -2.25. The van der Waals surface area contributed by atoms with Crippen molar-refractivity contribution in [2.45, 2.75) is 25.7 Å². The highest BCUT2D eigenvalue weighted by Gasteiger charge is 2.09. The van der Waals surface area contributed by atoms with Gasteiger partial charge < -0.3 is 15.2 Å². The van der Waals surface area contributed by atoms with Crippen LogP contribution in [-0.2, 0) is 11.2 Å². The minimum atomic E-state index is -0.215. The predicted octanol–water partition coefficient (Wildman–Crippen LogP) is 2.31. The van der Waals surface area contributed by atoms with Gasteiger partial charge in [0.2, 0.25) is 17.6 Å². The maximum Gasteiger partial charge on any atom is 0.272 e. The zero-order valence-electron chi connectivity index (χ0n) is 17.4. The molecule has 4 rings (SSSR count). The van der Waals surface area contributed by atoms with Crippen LogP contribution < -0.4 is 16.2 Å². The van der Waals surface area contributed by atoms with E-state index >= 15 is 0 Å². The summed E-state index contributed by atoms with van der Waals surface area (Å²) in [5.41, 5.74) is 0.624. The van der Waals surface area contributed by atoms with Crippen LogP contribution in [0.1, 0.15) is 25.2 Å². The molecule has 0 aliphatic rings. The Labute approximate surface area is 183 Å². The van der Waals surface area contributed by atoms with E-state index in [1.165, 1.54) is 0 Å². The first-order valence-electron chi connectivity index (χ1n) is 10.4. The van der Waals surface area contributed by atoms with Gasteiger partial charge >= 0.3 is 0 Å². The summed E-state index contributed by atoms with van der Waals surface area (Å²) in [5, 5.41) is 18.0. The van der Waals surface area contributed by atoms with E-state index in [0.717, 1.165) is 17.4 Å². The van der Waals surface area contributed by atoms with Gasteiger partial charge in [-0.25, -0.2) is 5.10 Å². The highest BCUT2D eigenvalue weighted by Crippen LogP contribution is 2.17. The average Bonchev–Trinajstić information content (AvgIpc) is 3.30. The summed E-state index contributed by atoms with van der Waals surface area (Å²) in [4.78, 5) is 32.2. The first-order chi connectivity index (χ1) is 15.7. The lowest BCUT2D eigenvalue weighted by Gasteiger charge is -2.08. The Bertz CT molecular complexity index is 1240. The number of nitrogens with zero attached hydrogens (tertiary/aromatic N) is 4. The quantitative estimate of drug-likeness (QED) is 0.324. The van der Waals surface area contributed by atoms with Crippen molar-refractivity contribution in [1.82, 2.24) is 30.6 Å². The van der Waals surface area contributed by atoms with Crippen LogP contribution in [0.3, 0.4) is 0 Å². The number of H-pyrrole nitrogens is 1. The molecule has 0 bridgehead atoms. The smallest absolute Gasteiger partial charge is 0.272 e. The van der Waals surface area contributed by atoms with Crippen LogP contribution in [0.15, 0.2) is 58.1 Å². The largest absolute Gasteiger partial charge is 0.368 e. The van der Waals surface area contributed by atoms with Crippen molar-refractivity contribution in [2.24, 2.45) is 0 Å². The molecule has 0 radical (unpaired) electrons. The molecule has 0 spiro atoms. The average molecular weight is 433 g/mol. The number of aromatic nitrogens is 5. The molecule has 0 unspecified atom stereocenters. The molecule has 32 heavy (non-hydrogen) atoms. The molecule has 0 atom stereocenters. The van der Waals surface area contributed by atoms with Crippen LogP contribution in [-0.4, -0.2) is 44.3 Å². The lowest BCUT2D eigenvalue weighted by atomic mass is 10.2. The fourth-order valence-corrected chi connectivity index (χ4v) is 3.24. The number of aryl methyl sites for hydroxylation is 1. The molecular formula is C22H23N7O3. The maximum atomic E-state index is 12.0. The monoisotopic (exact) mass is 433 g/mol. The third kappa shape index (κ3) is 5.34. The molecule has 0 saturated carbocycles. The second kappa shape index (κ2) is 10.3. The number of rotatable bonds is 10. The normalized spacial score (nSPS) is 10.9. The second-order valence-electron chi connectivity index (χ2n) is 7.18. The number of nitrogens with one attached hydrogen (secondary N) is 3. The number of hydrogen-bond acceptors (Lipinski definition) is 8. The Balaban J connectivity index is 1.14. The van der Waals surface area contributed by atoms with E-state index in [0.29, 0.717) is 55.3 Å². The van der Waals surface area contributed by atoms with Gasteiger partial charge in [0.05, 0.1) is 5.39 Å². The lowest BCUT2D eigenvalue weighted by molar-refractivity contribution is -0.121. The Morgan fingerprint density at radius 1 is 1.03 bits per heavy atom. The number of anilines is 1. The number of carbonyl (C=O) groups excluding carboxylic acids is 1. The van der Waals surface area contributed by atoms with E-state index in [4.69, 9.17) is 4.52 Å². The van der Waals surface area contributed by atoms with Crippen LogP contribution in [0.5, 0.6) is 0 Å². The van der Waals surface area contributed by atoms with E-state index in [9.17, 15) is 9.59 Å². The van der Waals surface area contributed by atoms with Gasteiger partial charge in [-0.15, -0.1) is 0 Å². The molecule has 164 valence electrons. The van der Waals surface area contributed by atoms with E-state index in [1.807, 2.05) is 30.3 Å². The summed E-state index contributed by atoms with van der Waals surface area (Å²) >= 11 is 0. The summed E-state index contributed by atoms with van der Waals surface area (Å²) in [5.74, 6) is 1.63. The molecule has 3 heterocycles. The van der Waals surface area contributed by atoms with Crippen molar-refractivity contribution in [3.63, 3.8) is 0 Å². The first-order valence-corrected chi connectivity index (χ1v) is 10.4. The molecule has 1 amide bonds. The van der Waals surface area contributed by atoms with Gasteiger partial charge in [-0.1, -0.05) is 23.4 Å². The number of hydrogen-bond donors (Lipinski definition) is 3. The molecule has 0 aliphatic carbocycles. The number of pyridine rings is 1. The second-order valence-corrected chi connectivity index (χ2v) is 7.18. The zero-order chi connectivity index (χ0) is 22.2. The molecule has 3 aromatic heterocycles. The third-order valence-electron chi connectivity index (χ3n) is 4.87. The molecule has 4 aromatic rings. The summed E-state index contributed by atoms with van der Waals surface area (Å²) in [6.07, 6.45) is 5.61. The van der Waals surface area contributed by atoms with Gasteiger partial charge in [0.15, 0.2) is 5.82 Å². The minimum absolute atomic E-state index is 0.0218. The topological polar surface area (TPSA) is 139 Å². The Morgan fingerprint density at radius 2 is 1.84 bits per heavy atom. The van der Waals surface area contributed by atoms with Crippen LogP contribution >= 0.6 is 0 Å².